The van der Waals surface area contributed by atoms with Gasteiger partial charge in [-0.1, -0.05) is 0 Å². The summed E-state index contributed by atoms with van der Waals surface area (Å²) < 4.78 is 5.18. The predicted molar refractivity (Wildman–Crippen MR) is 39.9 cm³/mol. The van der Waals surface area contributed by atoms with E-state index in [1.54, 1.807) is 0 Å². The number of carboxylic acid groups (broad SMARTS) is 2. The summed E-state index contributed by atoms with van der Waals surface area (Å²) in [7, 11) is 0. The van der Waals surface area contributed by atoms with E-state index in [0.29, 0.717) is 12.8 Å². The molecule has 0 unspecified atom stereocenters. The zero-order valence-corrected chi connectivity index (χ0v) is 10.1. The third-order valence-electron chi connectivity index (χ3n) is 2.82. The molecule has 0 spiro atoms. The Hall–Kier alpha value is -0.452. The zero-order valence-electron chi connectivity index (χ0n) is 7.79. The second-order valence-corrected chi connectivity index (χ2v) is 3.48. The molecule has 2 fully saturated rings. The molecule has 3 N–H and O–H groups in total. The Morgan fingerprint density at radius 2 is 1.33 bits per heavy atom. The summed E-state index contributed by atoms with van der Waals surface area (Å²) in [6, 6.07) is 0. The first-order valence-corrected chi connectivity index (χ1v) is 4.18. The first-order chi connectivity index (χ1) is 6.11. The van der Waals surface area contributed by atoms with Crippen LogP contribution in [0, 0.1) is 11.8 Å². The molecule has 0 aromatic heterocycles. The second-order valence-electron chi connectivity index (χ2n) is 3.48. The van der Waals surface area contributed by atoms with Gasteiger partial charge in [-0.2, -0.15) is 0 Å². The fourth-order valence-corrected chi connectivity index (χ4v) is 2.28. The molecular weight excluding hydrogens is 385 g/mol. The number of aliphatic carboxylic acids is 2. The van der Waals surface area contributed by atoms with Crippen molar-refractivity contribution in [1.29, 1.82) is 0 Å². The number of rotatable bonds is 2. The van der Waals surface area contributed by atoms with Gasteiger partial charge in [0.05, 0.1) is 12.2 Å². The average Bonchev–Trinajstić information content (AvgIpc) is 2.60. The minimum absolute atomic E-state index is 0. The number of ether oxygens (including phenoxy) is 1. The molecule has 0 aliphatic carbocycles. The van der Waals surface area contributed by atoms with Crippen LogP contribution in [0.1, 0.15) is 12.8 Å². The third-order valence-corrected chi connectivity index (χ3v) is 2.82. The van der Waals surface area contributed by atoms with Crippen molar-refractivity contribution in [2.75, 3.05) is 0 Å². The number of carboxylic acids is 2. The van der Waals surface area contributed by atoms with Crippen molar-refractivity contribution in [2.24, 2.45) is 11.8 Å². The van der Waals surface area contributed by atoms with E-state index in [1.165, 1.54) is 0 Å². The Morgan fingerprint density at radius 1 is 1.00 bits per heavy atom. The average molecular weight is 396 g/mol. The number of hydrogen-bond acceptors (Lipinski definition) is 6. The van der Waals surface area contributed by atoms with Gasteiger partial charge in [-0.3, -0.25) is 0 Å². The van der Waals surface area contributed by atoms with Crippen molar-refractivity contribution in [3.63, 3.8) is 0 Å². The molecule has 2 rings (SSSR count). The number of carbonyl (C=O) groups excluding carboxylic acids is 2. The molecule has 88 valence electrons. The Morgan fingerprint density at radius 3 is 1.60 bits per heavy atom. The first kappa shape index (κ1) is 14.5. The molecule has 0 aromatic rings. The standard InChI is InChI=1S/C8H10O5.H3N.Pt/c9-7(10)5-3-1-2-4(13-3)6(5)8(11)12;;/h3-6H,1-2H2,(H,9,10)(H,11,12);1H3;/q;;+2/p-2/t3-,4+,5+,6-;;. The SMILES string of the molecule is N.O=C([O-])[C@@H]1[C@H](C(=O)[O-])[C@@H]2CC[C@H]1O2.[Pt+2]. The van der Waals surface area contributed by atoms with E-state index >= 15 is 0 Å². The van der Waals surface area contributed by atoms with Gasteiger partial charge in [0, 0.05) is 23.8 Å². The number of fused-ring (bicyclic) bond motifs is 2. The molecule has 2 saturated heterocycles. The molecule has 0 radical (unpaired) electrons. The van der Waals surface area contributed by atoms with Crippen LogP contribution < -0.4 is 16.4 Å². The minimum atomic E-state index is -1.35. The number of hydrogen-bond donors (Lipinski definition) is 1. The van der Waals surface area contributed by atoms with Gasteiger partial charge in [-0.25, -0.2) is 0 Å². The maximum atomic E-state index is 10.6. The summed E-state index contributed by atoms with van der Waals surface area (Å²) in [4.78, 5) is 21.2. The van der Waals surface area contributed by atoms with Crippen LogP contribution in [0.4, 0.5) is 0 Å². The van der Waals surface area contributed by atoms with Gasteiger partial charge in [-0.05, 0) is 12.8 Å². The van der Waals surface area contributed by atoms with Crippen LogP contribution in [0.25, 0.3) is 0 Å². The second kappa shape index (κ2) is 5.05. The topological polar surface area (TPSA) is 124 Å². The van der Waals surface area contributed by atoms with Gasteiger partial charge in [0.25, 0.3) is 0 Å². The van der Waals surface area contributed by atoms with Crippen LogP contribution in [0.5, 0.6) is 0 Å². The van der Waals surface area contributed by atoms with E-state index < -0.39 is 36.0 Å². The molecular formula is C8H11NO5Pt. The van der Waals surface area contributed by atoms with Gasteiger partial charge in [0.1, 0.15) is 0 Å². The summed E-state index contributed by atoms with van der Waals surface area (Å²) in [5, 5.41) is 21.2. The molecule has 2 aliphatic rings. The van der Waals surface area contributed by atoms with E-state index in [0.717, 1.165) is 0 Å². The summed E-state index contributed by atoms with van der Waals surface area (Å²) in [6.45, 7) is 0. The van der Waals surface area contributed by atoms with Crippen LogP contribution in [-0.2, 0) is 35.4 Å². The Kier molecular flexibility index (Phi) is 4.90. The van der Waals surface area contributed by atoms with Crippen molar-refractivity contribution in [1.82, 2.24) is 6.15 Å². The maximum absolute atomic E-state index is 10.6. The number of carbonyl (C=O) groups is 2. The van der Waals surface area contributed by atoms with E-state index in [1.807, 2.05) is 0 Å². The fraction of sp³-hybridized carbons (Fsp3) is 0.750. The van der Waals surface area contributed by atoms with Gasteiger partial charge in [-0.15, -0.1) is 0 Å². The molecule has 0 amide bonds. The Bertz CT molecular complexity index is 246. The third kappa shape index (κ3) is 2.22. The zero-order chi connectivity index (χ0) is 9.59. The molecule has 6 nitrogen and oxygen atoms in total. The van der Waals surface area contributed by atoms with Crippen molar-refractivity contribution in [2.45, 2.75) is 25.0 Å². The van der Waals surface area contributed by atoms with Gasteiger partial charge < -0.3 is 30.7 Å². The quantitative estimate of drug-likeness (QED) is 0.548. The van der Waals surface area contributed by atoms with Crippen molar-refractivity contribution < 1.29 is 45.6 Å². The van der Waals surface area contributed by atoms with Crippen LogP contribution in [-0.4, -0.2) is 24.1 Å². The minimum Gasteiger partial charge on any atom is -0.550 e. The van der Waals surface area contributed by atoms with Gasteiger partial charge in [0.2, 0.25) is 0 Å². The first-order valence-electron chi connectivity index (χ1n) is 4.18. The summed E-state index contributed by atoms with van der Waals surface area (Å²) in [5.41, 5.74) is 0. The van der Waals surface area contributed by atoms with Crippen molar-refractivity contribution in [3.05, 3.63) is 0 Å². The Balaban J connectivity index is 0.000000980. The predicted octanol–water partition coefficient (Wildman–Crippen LogP) is -2.56. The normalized spacial score (nSPS) is 36.5. The summed E-state index contributed by atoms with van der Waals surface area (Å²) >= 11 is 0. The Labute approximate surface area is 101 Å². The van der Waals surface area contributed by atoms with E-state index in [4.69, 9.17) is 4.74 Å². The summed E-state index contributed by atoms with van der Waals surface area (Å²) in [6.07, 6.45) is 0.232. The van der Waals surface area contributed by atoms with Crippen LogP contribution in [0.3, 0.4) is 0 Å². The smallest absolute Gasteiger partial charge is 0.550 e. The molecule has 15 heavy (non-hydrogen) atoms. The van der Waals surface area contributed by atoms with E-state index in [9.17, 15) is 19.8 Å². The molecule has 0 saturated carbocycles. The van der Waals surface area contributed by atoms with E-state index in [2.05, 4.69) is 0 Å². The van der Waals surface area contributed by atoms with Crippen molar-refractivity contribution in [3.8, 4) is 0 Å². The largest absolute Gasteiger partial charge is 2.00 e. The molecule has 0 aromatic carbocycles. The van der Waals surface area contributed by atoms with Gasteiger partial charge in [0.15, 0.2) is 0 Å². The summed E-state index contributed by atoms with van der Waals surface area (Å²) in [5.74, 6) is -4.74. The molecule has 7 heteroatoms. The molecule has 4 atom stereocenters. The fourth-order valence-electron chi connectivity index (χ4n) is 2.28. The molecule has 2 aliphatic heterocycles. The van der Waals surface area contributed by atoms with Crippen molar-refractivity contribution >= 4 is 11.9 Å². The van der Waals surface area contributed by atoms with Crippen LogP contribution >= 0.6 is 0 Å². The molecule has 2 bridgehead atoms. The van der Waals surface area contributed by atoms with Gasteiger partial charge >= 0.3 is 21.1 Å². The van der Waals surface area contributed by atoms with Crippen LogP contribution in [0.15, 0.2) is 0 Å². The monoisotopic (exact) mass is 396 g/mol. The molecule has 2 heterocycles. The maximum Gasteiger partial charge on any atom is 2.00 e. The van der Waals surface area contributed by atoms with Crippen LogP contribution in [0.2, 0.25) is 0 Å². The van der Waals surface area contributed by atoms with E-state index in [-0.39, 0.29) is 27.2 Å².